The van der Waals surface area contributed by atoms with E-state index in [1.807, 2.05) is 24.3 Å². The van der Waals surface area contributed by atoms with Gasteiger partial charge in [0.25, 0.3) is 0 Å². The van der Waals surface area contributed by atoms with E-state index in [0.717, 1.165) is 22.6 Å². The first-order valence-corrected chi connectivity index (χ1v) is 9.05. The van der Waals surface area contributed by atoms with E-state index in [9.17, 15) is 9.90 Å². The van der Waals surface area contributed by atoms with Crippen LogP contribution in [-0.2, 0) is 22.4 Å². The lowest BCUT2D eigenvalue weighted by Gasteiger charge is -2.20. The summed E-state index contributed by atoms with van der Waals surface area (Å²) >= 11 is 0. The maximum Gasteiger partial charge on any atom is 0.309 e. The number of carbonyl (C=O) groups is 1. The molecule has 6 nitrogen and oxygen atoms in total. The predicted molar refractivity (Wildman–Crippen MR) is 97.4 cm³/mol. The topological polar surface area (TPSA) is 74.2 Å². The molecule has 1 N–H and O–H groups in total. The number of phenolic OH excluding ortho intramolecular Hbond substituents is 1. The molecule has 0 aliphatic carbocycles. The van der Waals surface area contributed by atoms with Gasteiger partial charge in [-0.2, -0.15) is 0 Å². The number of methoxy groups -OCH3 is 1. The fourth-order valence-corrected chi connectivity index (χ4v) is 3.68. The second-order valence-corrected chi connectivity index (χ2v) is 6.89. The Labute approximate surface area is 157 Å². The van der Waals surface area contributed by atoms with Gasteiger partial charge in [0.1, 0.15) is 13.2 Å². The monoisotopic (exact) mass is 370 g/mol. The van der Waals surface area contributed by atoms with Crippen molar-refractivity contribution in [3.8, 4) is 23.0 Å². The first kappa shape index (κ1) is 17.5. The van der Waals surface area contributed by atoms with Crippen molar-refractivity contribution in [2.45, 2.75) is 12.8 Å². The molecule has 0 spiro atoms. The van der Waals surface area contributed by atoms with Gasteiger partial charge in [0, 0.05) is 5.92 Å². The number of hydrogen-bond acceptors (Lipinski definition) is 6. The summed E-state index contributed by atoms with van der Waals surface area (Å²) in [7, 11) is 1.52. The fraction of sp³-hybridized carbons (Fsp3) is 0.381. The second kappa shape index (κ2) is 7.39. The third-order valence-electron chi connectivity index (χ3n) is 5.12. The summed E-state index contributed by atoms with van der Waals surface area (Å²) in [6.45, 7) is 1.49. The van der Waals surface area contributed by atoms with Crippen LogP contribution in [0.25, 0.3) is 0 Å². The third kappa shape index (κ3) is 3.65. The van der Waals surface area contributed by atoms with Crippen LogP contribution in [-0.4, -0.2) is 38.0 Å². The molecule has 0 aromatic heterocycles. The normalized spacial score (nSPS) is 21.0. The zero-order valence-electron chi connectivity index (χ0n) is 15.1. The first-order chi connectivity index (χ1) is 13.1. The van der Waals surface area contributed by atoms with Crippen LogP contribution in [0.2, 0.25) is 0 Å². The van der Waals surface area contributed by atoms with Crippen molar-refractivity contribution in [1.82, 2.24) is 0 Å². The van der Waals surface area contributed by atoms with Crippen molar-refractivity contribution in [3.63, 3.8) is 0 Å². The molecule has 2 atom stereocenters. The third-order valence-corrected chi connectivity index (χ3v) is 5.12. The Bertz CT molecular complexity index is 847. The summed E-state index contributed by atoms with van der Waals surface area (Å²) in [5.74, 6) is 1.69. The molecule has 2 aliphatic heterocycles. The highest BCUT2D eigenvalue weighted by Gasteiger charge is 2.37. The fourth-order valence-electron chi connectivity index (χ4n) is 3.68. The van der Waals surface area contributed by atoms with Gasteiger partial charge in [-0.05, 0) is 48.2 Å². The van der Waals surface area contributed by atoms with Crippen LogP contribution < -0.4 is 14.2 Å². The Morgan fingerprint density at radius 2 is 1.74 bits per heavy atom. The van der Waals surface area contributed by atoms with Crippen molar-refractivity contribution in [2.75, 3.05) is 26.9 Å². The number of cyclic esters (lactones) is 1. The van der Waals surface area contributed by atoms with Crippen molar-refractivity contribution >= 4 is 5.97 Å². The quantitative estimate of drug-likeness (QED) is 0.816. The van der Waals surface area contributed by atoms with Crippen LogP contribution >= 0.6 is 0 Å². The molecular weight excluding hydrogens is 348 g/mol. The zero-order valence-corrected chi connectivity index (χ0v) is 15.1. The summed E-state index contributed by atoms with van der Waals surface area (Å²) in [4.78, 5) is 12.3. The van der Waals surface area contributed by atoms with Gasteiger partial charge in [0.15, 0.2) is 23.0 Å². The van der Waals surface area contributed by atoms with E-state index in [2.05, 4.69) is 0 Å². The van der Waals surface area contributed by atoms with Crippen molar-refractivity contribution < 1.29 is 28.8 Å². The first-order valence-electron chi connectivity index (χ1n) is 9.05. The van der Waals surface area contributed by atoms with Gasteiger partial charge in [-0.3, -0.25) is 4.79 Å². The van der Waals surface area contributed by atoms with Crippen molar-refractivity contribution in [1.29, 1.82) is 0 Å². The van der Waals surface area contributed by atoms with Crippen LogP contribution in [0, 0.1) is 11.8 Å². The van der Waals surface area contributed by atoms with Crippen LogP contribution in [0.15, 0.2) is 36.4 Å². The van der Waals surface area contributed by atoms with Gasteiger partial charge < -0.3 is 24.1 Å². The maximum absolute atomic E-state index is 12.3. The molecule has 2 aromatic rings. The number of esters is 1. The van der Waals surface area contributed by atoms with Crippen LogP contribution in [0.3, 0.4) is 0 Å². The Morgan fingerprint density at radius 1 is 1.00 bits per heavy atom. The molecule has 4 rings (SSSR count). The smallest absolute Gasteiger partial charge is 0.309 e. The number of carbonyl (C=O) groups excluding carboxylic acids is 1. The van der Waals surface area contributed by atoms with Crippen LogP contribution in [0.4, 0.5) is 0 Å². The van der Waals surface area contributed by atoms with Gasteiger partial charge >= 0.3 is 5.97 Å². The molecule has 0 amide bonds. The van der Waals surface area contributed by atoms with E-state index in [1.165, 1.54) is 7.11 Å². The molecule has 0 radical (unpaired) electrons. The summed E-state index contributed by atoms with van der Waals surface area (Å²) in [5.41, 5.74) is 2.02. The standard InChI is InChI=1S/C21H22O6/c1-24-19-10-13(2-4-17(19)22)8-15-12-27-21(23)16(15)9-14-3-5-18-20(11-14)26-7-6-25-18/h2-5,10-11,15-16,22H,6-9,12H2,1H3/t15-,16+/m0/s1. The average molecular weight is 370 g/mol. The highest BCUT2D eigenvalue weighted by Crippen LogP contribution is 2.35. The largest absolute Gasteiger partial charge is 0.504 e. The lowest BCUT2D eigenvalue weighted by molar-refractivity contribution is -0.141. The number of benzene rings is 2. The number of ether oxygens (including phenoxy) is 4. The summed E-state index contributed by atoms with van der Waals surface area (Å²) in [5, 5.41) is 9.76. The molecule has 142 valence electrons. The van der Waals surface area contributed by atoms with Gasteiger partial charge in [0.05, 0.1) is 19.6 Å². The SMILES string of the molecule is COc1cc(C[C@H]2COC(=O)[C@@H]2Cc2ccc3c(c2)OCCO3)ccc1O. The number of rotatable bonds is 5. The molecular formula is C21H22O6. The Morgan fingerprint density at radius 3 is 2.56 bits per heavy atom. The minimum absolute atomic E-state index is 0.0694. The maximum atomic E-state index is 12.3. The average Bonchev–Trinajstić information content (AvgIpc) is 3.03. The highest BCUT2D eigenvalue weighted by atomic mass is 16.6. The Kier molecular flexibility index (Phi) is 4.79. The molecule has 27 heavy (non-hydrogen) atoms. The van der Waals surface area contributed by atoms with E-state index in [4.69, 9.17) is 18.9 Å². The number of phenols is 1. The van der Waals surface area contributed by atoms with E-state index in [1.54, 1.807) is 12.1 Å². The Balaban J connectivity index is 1.50. The predicted octanol–water partition coefficient (Wildman–Crippen LogP) is 2.75. The minimum Gasteiger partial charge on any atom is -0.504 e. The van der Waals surface area contributed by atoms with Crippen molar-refractivity contribution in [2.24, 2.45) is 11.8 Å². The molecule has 2 aliphatic rings. The number of hydrogen-bond donors (Lipinski definition) is 1. The molecule has 2 heterocycles. The molecule has 2 aromatic carbocycles. The highest BCUT2D eigenvalue weighted by molar-refractivity contribution is 5.75. The summed E-state index contributed by atoms with van der Waals surface area (Å²) in [6, 6.07) is 11.1. The van der Waals surface area contributed by atoms with Gasteiger partial charge in [-0.1, -0.05) is 12.1 Å². The van der Waals surface area contributed by atoms with Crippen LogP contribution in [0.1, 0.15) is 11.1 Å². The zero-order chi connectivity index (χ0) is 18.8. The lowest BCUT2D eigenvalue weighted by atomic mass is 9.85. The summed E-state index contributed by atoms with van der Waals surface area (Å²) in [6.07, 6.45) is 1.27. The van der Waals surface area contributed by atoms with Gasteiger partial charge in [-0.25, -0.2) is 0 Å². The molecule has 1 saturated heterocycles. The molecule has 1 fully saturated rings. The van der Waals surface area contributed by atoms with E-state index in [0.29, 0.717) is 38.4 Å². The second-order valence-electron chi connectivity index (χ2n) is 6.89. The minimum atomic E-state index is -0.215. The van der Waals surface area contributed by atoms with Gasteiger partial charge in [-0.15, -0.1) is 0 Å². The van der Waals surface area contributed by atoms with E-state index < -0.39 is 0 Å². The molecule has 6 heteroatoms. The Hall–Kier alpha value is -2.89. The molecule has 0 bridgehead atoms. The number of aromatic hydroxyl groups is 1. The van der Waals surface area contributed by atoms with E-state index in [-0.39, 0.29) is 23.6 Å². The van der Waals surface area contributed by atoms with Gasteiger partial charge in [0.2, 0.25) is 0 Å². The molecule has 0 saturated carbocycles. The lowest BCUT2D eigenvalue weighted by Crippen LogP contribution is -2.21. The summed E-state index contributed by atoms with van der Waals surface area (Å²) < 4.78 is 21.7. The van der Waals surface area contributed by atoms with Crippen molar-refractivity contribution in [3.05, 3.63) is 47.5 Å². The number of fused-ring (bicyclic) bond motifs is 1. The molecule has 0 unspecified atom stereocenters. The van der Waals surface area contributed by atoms with Crippen LogP contribution in [0.5, 0.6) is 23.0 Å². The van der Waals surface area contributed by atoms with E-state index >= 15 is 0 Å².